The van der Waals surface area contributed by atoms with E-state index in [0.717, 1.165) is 5.69 Å². The normalized spacial score (nSPS) is 12.0. The van der Waals surface area contributed by atoms with E-state index in [9.17, 15) is 8.42 Å². The van der Waals surface area contributed by atoms with E-state index in [1.165, 1.54) is 6.20 Å². The predicted molar refractivity (Wildman–Crippen MR) is 96.5 cm³/mol. The van der Waals surface area contributed by atoms with Crippen LogP contribution in [0.15, 0.2) is 23.2 Å². The van der Waals surface area contributed by atoms with E-state index in [0.29, 0.717) is 38.9 Å². The number of sulfonamides is 1. The SMILES string of the molecule is CCn1nc(C)c(NS(=O)(=O)c2c[nH]c3cc(Cl)c(Cl)cc23)c1C. The molecular formula is C15H16Cl2N4O2S. The second-order valence-electron chi connectivity index (χ2n) is 5.43. The highest BCUT2D eigenvalue weighted by atomic mass is 35.5. The summed E-state index contributed by atoms with van der Waals surface area (Å²) >= 11 is 12.0. The molecule has 0 radical (unpaired) electrons. The lowest BCUT2D eigenvalue weighted by Gasteiger charge is -2.08. The van der Waals surface area contributed by atoms with Crippen LogP contribution in [0.1, 0.15) is 18.3 Å². The van der Waals surface area contributed by atoms with Gasteiger partial charge in [0.1, 0.15) is 4.90 Å². The molecule has 3 aromatic rings. The molecule has 1 aromatic carbocycles. The maximum atomic E-state index is 12.8. The third kappa shape index (κ3) is 2.76. The van der Waals surface area contributed by atoms with Gasteiger partial charge in [0.15, 0.2) is 0 Å². The molecule has 0 unspecified atom stereocenters. The Hall–Kier alpha value is -1.70. The van der Waals surface area contributed by atoms with Crippen LogP contribution in [0.25, 0.3) is 10.9 Å². The van der Waals surface area contributed by atoms with Crippen molar-refractivity contribution in [2.75, 3.05) is 4.72 Å². The van der Waals surface area contributed by atoms with Crippen molar-refractivity contribution in [3.63, 3.8) is 0 Å². The van der Waals surface area contributed by atoms with E-state index in [1.54, 1.807) is 23.7 Å². The van der Waals surface area contributed by atoms with Gasteiger partial charge in [-0.25, -0.2) is 8.42 Å². The van der Waals surface area contributed by atoms with E-state index in [1.807, 2.05) is 13.8 Å². The molecule has 0 aliphatic rings. The zero-order valence-corrected chi connectivity index (χ0v) is 15.6. The van der Waals surface area contributed by atoms with Crippen LogP contribution >= 0.6 is 23.2 Å². The Bertz CT molecular complexity index is 1040. The topological polar surface area (TPSA) is 79.8 Å². The number of rotatable bonds is 4. The molecule has 0 aliphatic heterocycles. The minimum absolute atomic E-state index is 0.110. The molecule has 0 spiro atoms. The first kappa shape index (κ1) is 17.1. The number of nitrogens with zero attached hydrogens (tertiary/aromatic N) is 2. The molecule has 128 valence electrons. The Kier molecular flexibility index (Phi) is 4.27. The fourth-order valence-electron chi connectivity index (χ4n) is 2.66. The van der Waals surface area contributed by atoms with Gasteiger partial charge in [-0.2, -0.15) is 5.10 Å². The van der Waals surface area contributed by atoms with E-state index >= 15 is 0 Å². The average molecular weight is 387 g/mol. The molecule has 6 nitrogen and oxygen atoms in total. The van der Waals surface area contributed by atoms with Crippen molar-refractivity contribution in [3.05, 3.63) is 39.8 Å². The first-order valence-corrected chi connectivity index (χ1v) is 9.51. The number of aromatic nitrogens is 3. The van der Waals surface area contributed by atoms with Gasteiger partial charge in [-0.15, -0.1) is 0 Å². The lowest BCUT2D eigenvalue weighted by Crippen LogP contribution is -2.14. The highest BCUT2D eigenvalue weighted by Crippen LogP contribution is 2.32. The van der Waals surface area contributed by atoms with Gasteiger partial charge in [-0.1, -0.05) is 23.2 Å². The molecule has 3 rings (SSSR count). The van der Waals surface area contributed by atoms with Crippen LogP contribution in [-0.2, 0) is 16.6 Å². The van der Waals surface area contributed by atoms with Crippen molar-refractivity contribution in [1.82, 2.24) is 14.8 Å². The Morgan fingerprint density at radius 3 is 2.54 bits per heavy atom. The molecule has 9 heteroatoms. The van der Waals surface area contributed by atoms with Gasteiger partial charge in [0.05, 0.1) is 27.1 Å². The highest BCUT2D eigenvalue weighted by Gasteiger charge is 2.23. The van der Waals surface area contributed by atoms with Crippen LogP contribution in [0.5, 0.6) is 0 Å². The summed E-state index contributed by atoms with van der Waals surface area (Å²) in [6.45, 7) is 6.20. The smallest absolute Gasteiger partial charge is 0.264 e. The van der Waals surface area contributed by atoms with Crippen molar-refractivity contribution in [2.45, 2.75) is 32.2 Å². The van der Waals surface area contributed by atoms with Gasteiger partial charge in [0, 0.05) is 23.6 Å². The summed E-state index contributed by atoms with van der Waals surface area (Å²) in [6, 6.07) is 3.14. The van der Waals surface area contributed by atoms with Gasteiger partial charge in [0.25, 0.3) is 10.0 Å². The quantitative estimate of drug-likeness (QED) is 0.707. The number of H-pyrrole nitrogens is 1. The number of fused-ring (bicyclic) bond motifs is 1. The van der Waals surface area contributed by atoms with E-state index in [2.05, 4.69) is 14.8 Å². The van der Waals surface area contributed by atoms with Crippen molar-refractivity contribution in [1.29, 1.82) is 0 Å². The number of nitrogens with one attached hydrogen (secondary N) is 2. The Balaban J connectivity index is 2.09. The number of hydrogen-bond donors (Lipinski definition) is 2. The van der Waals surface area contributed by atoms with Gasteiger partial charge in [0.2, 0.25) is 0 Å². The standard InChI is InChI=1S/C15H16Cl2N4O2S/c1-4-21-9(3)15(8(2)19-21)20-24(22,23)14-7-18-13-6-12(17)11(16)5-10(13)14/h5-7,18,20H,4H2,1-3H3. The minimum Gasteiger partial charge on any atom is -0.360 e. The largest absolute Gasteiger partial charge is 0.360 e. The van der Waals surface area contributed by atoms with Crippen LogP contribution in [0.2, 0.25) is 10.0 Å². The van der Waals surface area contributed by atoms with Gasteiger partial charge in [-0.3, -0.25) is 9.40 Å². The number of benzene rings is 1. The van der Waals surface area contributed by atoms with Gasteiger partial charge in [-0.05, 0) is 32.9 Å². The Morgan fingerprint density at radius 1 is 1.25 bits per heavy atom. The molecule has 0 atom stereocenters. The molecule has 0 aliphatic carbocycles. The maximum absolute atomic E-state index is 12.8. The first-order valence-electron chi connectivity index (χ1n) is 7.27. The molecule has 0 bridgehead atoms. The summed E-state index contributed by atoms with van der Waals surface area (Å²) in [6.07, 6.45) is 1.43. The molecule has 0 fully saturated rings. The number of aromatic amines is 1. The molecule has 24 heavy (non-hydrogen) atoms. The summed E-state index contributed by atoms with van der Waals surface area (Å²) in [4.78, 5) is 3.02. The second kappa shape index (κ2) is 5.98. The molecule has 2 heterocycles. The number of hydrogen-bond acceptors (Lipinski definition) is 3. The highest BCUT2D eigenvalue weighted by molar-refractivity contribution is 7.93. The summed E-state index contributed by atoms with van der Waals surface area (Å²) in [5.74, 6) is 0. The van der Waals surface area contributed by atoms with Crippen molar-refractivity contribution in [3.8, 4) is 0 Å². The average Bonchev–Trinajstić information content (AvgIpc) is 3.03. The van der Waals surface area contributed by atoms with Crippen LogP contribution in [0.3, 0.4) is 0 Å². The van der Waals surface area contributed by atoms with Crippen molar-refractivity contribution in [2.24, 2.45) is 0 Å². The van der Waals surface area contributed by atoms with Crippen LogP contribution in [0.4, 0.5) is 5.69 Å². The van der Waals surface area contributed by atoms with E-state index in [-0.39, 0.29) is 4.90 Å². The maximum Gasteiger partial charge on any atom is 0.264 e. The number of halogens is 2. The van der Waals surface area contributed by atoms with Crippen LogP contribution < -0.4 is 4.72 Å². The lowest BCUT2D eigenvalue weighted by molar-refractivity contribution is 0.602. The molecule has 0 saturated carbocycles. The van der Waals surface area contributed by atoms with E-state index in [4.69, 9.17) is 23.2 Å². The third-order valence-electron chi connectivity index (χ3n) is 3.89. The van der Waals surface area contributed by atoms with Crippen molar-refractivity contribution >= 4 is 49.8 Å². The monoisotopic (exact) mass is 386 g/mol. The fraction of sp³-hybridized carbons (Fsp3) is 0.267. The zero-order valence-electron chi connectivity index (χ0n) is 13.3. The summed E-state index contributed by atoms with van der Waals surface area (Å²) in [7, 11) is -3.80. The molecular weight excluding hydrogens is 371 g/mol. The molecule has 2 N–H and O–H groups in total. The summed E-state index contributed by atoms with van der Waals surface area (Å²) in [5.41, 5.74) is 2.48. The molecule has 2 aromatic heterocycles. The lowest BCUT2D eigenvalue weighted by atomic mass is 10.2. The van der Waals surface area contributed by atoms with Gasteiger partial charge < -0.3 is 4.98 Å². The predicted octanol–water partition coefficient (Wildman–Crippen LogP) is 4.11. The van der Waals surface area contributed by atoms with Crippen LogP contribution in [0, 0.1) is 13.8 Å². The number of anilines is 1. The van der Waals surface area contributed by atoms with Crippen molar-refractivity contribution < 1.29 is 8.42 Å². The number of aryl methyl sites for hydroxylation is 2. The third-order valence-corrected chi connectivity index (χ3v) is 6.00. The van der Waals surface area contributed by atoms with E-state index < -0.39 is 10.0 Å². The zero-order chi connectivity index (χ0) is 17.6. The Labute approximate surface area is 149 Å². The summed E-state index contributed by atoms with van der Waals surface area (Å²) in [5, 5.41) is 5.46. The minimum atomic E-state index is -3.80. The molecule has 0 saturated heterocycles. The van der Waals surface area contributed by atoms with Crippen LogP contribution in [-0.4, -0.2) is 23.2 Å². The Morgan fingerprint density at radius 2 is 1.92 bits per heavy atom. The summed E-state index contributed by atoms with van der Waals surface area (Å²) < 4.78 is 30.0. The first-order chi connectivity index (χ1) is 11.2. The second-order valence-corrected chi connectivity index (χ2v) is 7.90. The van der Waals surface area contributed by atoms with Gasteiger partial charge >= 0.3 is 0 Å². The fourth-order valence-corrected chi connectivity index (χ4v) is 4.33. The molecule has 0 amide bonds.